The van der Waals surface area contributed by atoms with Gasteiger partial charge >= 0.3 is 5.97 Å². The van der Waals surface area contributed by atoms with Crippen LogP contribution in [0.4, 0.5) is 0 Å². The highest BCUT2D eigenvalue weighted by Crippen LogP contribution is 2.12. The minimum Gasteiger partial charge on any atom is -0.468 e. The summed E-state index contributed by atoms with van der Waals surface area (Å²) >= 11 is 1.02. The number of carbonyl (C=O) groups is 2. The van der Waals surface area contributed by atoms with Gasteiger partial charge in [0.1, 0.15) is 6.04 Å². The first-order valence-corrected chi connectivity index (χ1v) is 5.69. The molecule has 0 unspecified atom stereocenters. The lowest BCUT2D eigenvalue weighted by molar-refractivity contribution is -0.141. The van der Waals surface area contributed by atoms with Crippen molar-refractivity contribution in [2.24, 2.45) is 5.73 Å². The maximum Gasteiger partial charge on any atom is 0.323 e. The molecule has 0 saturated heterocycles. The average Bonchev–Trinajstić information content (AvgIpc) is 2.35. The molecular formula is C11H13NO3S. The SMILES string of the molecule is COC(=O)[C@H](N)CSC(=O)c1ccccc1. The second-order valence-electron chi connectivity index (χ2n) is 3.09. The number of rotatable bonds is 4. The van der Waals surface area contributed by atoms with E-state index in [1.807, 2.05) is 6.07 Å². The van der Waals surface area contributed by atoms with E-state index in [0.29, 0.717) is 5.56 Å². The molecular weight excluding hydrogens is 226 g/mol. The number of benzene rings is 1. The van der Waals surface area contributed by atoms with Gasteiger partial charge in [-0.1, -0.05) is 42.1 Å². The zero-order chi connectivity index (χ0) is 12.0. The fourth-order valence-corrected chi connectivity index (χ4v) is 1.81. The van der Waals surface area contributed by atoms with Crippen LogP contribution in [0.5, 0.6) is 0 Å². The van der Waals surface area contributed by atoms with Crippen molar-refractivity contribution in [2.75, 3.05) is 12.9 Å². The van der Waals surface area contributed by atoms with Crippen molar-refractivity contribution in [1.82, 2.24) is 0 Å². The number of methoxy groups -OCH3 is 1. The first-order valence-electron chi connectivity index (χ1n) is 4.70. The van der Waals surface area contributed by atoms with Crippen molar-refractivity contribution in [3.05, 3.63) is 35.9 Å². The highest BCUT2D eigenvalue weighted by Gasteiger charge is 2.16. The van der Waals surface area contributed by atoms with Crippen molar-refractivity contribution < 1.29 is 14.3 Å². The molecule has 0 bridgehead atoms. The number of ether oxygens (including phenoxy) is 1. The molecule has 0 saturated carbocycles. The molecule has 0 aliphatic rings. The van der Waals surface area contributed by atoms with E-state index >= 15 is 0 Å². The van der Waals surface area contributed by atoms with Crippen LogP contribution in [0.2, 0.25) is 0 Å². The highest BCUT2D eigenvalue weighted by molar-refractivity contribution is 8.14. The fourth-order valence-electron chi connectivity index (χ4n) is 1.04. The molecule has 0 radical (unpaired) electrons. The molecule has 1 atom stereocenters. The summed E-state index contributed by atoms with van der Waals surface area (Å²) in [7, 11) is 1.27. The first-order chi connectivity index (χ1) is 7.65. The van der Waals surface area contributed by atoms with Gasteiger partial charge < -0.3 is 10.5 Å². The van der Waals surface area contributed by atoms with E-state index in [-0.39, 0.29) is 10.9 Å². The van der Waals surface area contributed by atoms with Crippen LogP contribution in [0.1, 0.15) is 10.4 Å². The van der Waals surface area contributed by atoms with Crippen molar-refractivity contribution in [1.29, 1.82) is 0 Å². The molecule has 0 fully saturated rings. The van der Waals surface area contributed by atoms with Crippen LogP contribution in [0.25, 0.3) is 0 Å². The van der Waals surface area contributed by atoms with Gasteiger partial charge in [0.05, 0.1) is 7.11 Å². The van der Waals surface area contributed by atoms with E-state index < -0.39 is 12.0 Å². The van der Waals surface area contributed by atoms with Crippen LogP contribution in [0.3, 0.4) is 0 Å². The fraction of sp³-hybridized carbons (Fsp3) is 0.273. The lowest BCUT2D eigenvalue weighted by Crippen LogP contribution is -2.34. The van der Waals surface area contributed by atoms with E-state index in [9.17, 15) is 9.59 Å². The normalized spacial score (nSPS) is 11.9. The second kappa shape index (κ2) is 6.30. The first kappa shape index (κ1) is 12.7. The zero-order valence-electron chi connectivity index (χ0n) is 8.88. The summed E-state index contributed by atoms with van der Waals surface area (Å²) in [5, 5.41) is -0.0973. The van der Waals surface area contributed by atoms with Crippen molar-refractivity contribution in [3.8, 4) is 0 Å². The Morgan fingerprint density at radius 3 is 2.56 bits per heavy atom. The van der Waals surface area contributed by atoms with Crippen LogP contribution in [-0.2, 0) is 9.53 Å². The number of esters is 1. The van der Waals surface area contributed by atoms with E-state index in [1.165, 1.54) is 7.11 Å². The predicted octanol–water partition coefficient (Wildman–Crippen LogP) is 1.06. The van der Waals surface area contributed by atoms with Gasteiger partial charge in [-0.15, -0.1) is 0 Å². The Kier molecular flexibility index (Phi) is 5.01. The minimum atomic E-state index is -0.761. The molecule has 0 amide bonds. The van der Waals surface area contributed by atoms with Gasteiger partial charge in [0.2, 0.25) is 5.12 Å². The highest BCUT2D eigenvalue weighted by atomic mass is 32.2. The third kappa shape index (κ3) is 3.67. The third-order valence-electron chi connectivity index (χ3n) is 1.91. The largest absolute Gasteiger partial charge is 0.468 e. The number of thioether (sulfide) groups is 1. The number of carbonyl (C=O) groups excluding carboxylic acids is 2. The van der Waals surface area contributed by atoms with Gasteiger partial charge in [-0.05, 0) is 0 Å². The quantitative estimate of drug-likeness (QED) is 0.796. The van der Waals surface area contributed by atoms with Gasteiger partial charge in [-0.3, -0.25) is 9.59 Å². The summed E-state index contributed by atoms with van der Waals surface area (Å²) in [5.74, 6) is -0.284. The molecule has 1 rings (SSSR count). The van der Waals surface area contributed by atoms with Crippen molar-refractivity contribution >= 4 is 22.8 Å². The molecule has 0 spiro atoms. The Balaban J connectivity index is 2.45. The third-order valence-corrected chi connectivity index (χ3v) is 2.93. The van der Waals surface area contributed by atoms with E-state index in [1.54, 1.807) is 24.3 Å². The molecule has 4 nitrogen and oxygen atoms in total. The average molecular weight is 239 g/mol. The summed E-state index contributed by atoms with van der Waals surface area (Å²) in [5.41, 5.74) is 6.11. The number of nitrogens with two attached hydrogens (primary N) is 1. The summed E-state index contributed by atoms with van der Waals surface area (Å²) in [4.78, 5) is 22.6. The Hall–Kier alpha value is -1.33. The lowest BCUT2D eigenvalue weighted by atomic mass is 10.2. The standard InChI is InChI=1S/C11H13NO3S/c1-15-10(13)9(12)7-16-11(14)8-5-3-2-4-6-8/h2-6,9H,7,12H2,1H3/t9-/m1/s1. The topological polar surface area (TPSA) is 69.4 Å². The summed E-state index contributed by atoms with van der Waals surface area (Å²) in [6.07, 6.45) is 0. The molecule has 1 aromatic rings. The monoisotopic (exact) mass is 239 g/mol. The molecule has 2 N–H and O–H groups in total. The molecule has 1 aromatic carbocycles. The lowest BCUT2D eigenvalue weighted by Gasteiger charge is -2.07. The molecule has 0 aliphatic carbocycles. The van der Waals surface area contributed by atoms with Crippen LogP contribution >= 0.6 is 11.8 Å². The van der Waals surface area contributed by atoms with Crippen LogP contribution < -0.4 is 5.73 Å². The van der Waals surface area contributed by atoms with Crippen LogP contribution in [-0.4, -0.2) is 30.0 Å². The smallest absolute Gasteiger partial charge is 0.323 e. The molecule has 0 aliphatic heterocycles. The Morgan fingerprint density at radius 1 is 1.38 bits per heavy atom. The van der Waals surface area contributed by atoms with Crippen molar-refractivity contribution in [3.63, 3.8) is 0 Å². The van der Waals surface area contributed by atoms with Crippen LogP contribution in [0, 0.1) is 0 Å². The Morgan fingerprint density at radius 2 is 2.00 bits per heavy atom. The summed E-state index contributed by atoms with van der Waals surface area (Å²) in [6.45, 7) is 0. The van der Waals surface area contributed by atoms with Gasteiger partial charge in [-0.25, -0.2) is 0 Å². The molecule has 16 heavy (non-hydrogen) atoms. The minimum absolute atomic E-state index is 0.0973. The molecule has 0 heterocycles. The summed E-state index contributed by atoms with van der Waals surface area (Å²) < 4.78 is 4.46. The number of hydrogen-bond donors (Lipinski definition) is 1. The van der Waals surface area contributed by atoms with Crippen LogP contribution in [0.15, 0.2) is 30.3 Å². The van der Waals surface area contributed by atoms with Crippen molar-refractivity contribution in [2.45, 2.75) is 6.04 Å². The Bertz CT molecular complexity index is 367. The second-order valence-corrected chi connectivity index (χ2v) is 4.09. The van der Waals surface area contributed by atoms with E-state index in [0.717, 1.165) is 11.8 Å². The van der Waals surface area contributed by atoms with Gasteiger partial charge in [0.15, 0.2) is 0 Å². The Labute approximate surface area is 98.2 Å². The predicted molar refractivity (Wildman–Crippen MR) is 63.2 cm³/mol. The molecule has 5 heteroatoms. The van der Waals surface area contributed by atoms with Gasteiger partial charge in [0, 0.05) is 11.3 Å². The maximum atomic E-state index is 11.6. The van der Waals surface area contributed by atoms with Gasteiger partial charge in [-0.2, -0.15) is 0 Å². The van der Waals surface area contributed by atoms with E-state index in [4.69, 9.17) is 5.73 Å². The van der Waals surface area contributed by atoms with E-state index in [2.05, 4.69) is 4.74 Å². The maximum absolute atomic E-state index is 11.6. The zero-order valence-corrected chi connectivity index (χ0v) is 9.70. The van der Waals surface area contributed by atoms with Gasteiger partial charge in [0.25, 0.3) is 0 Å². The summed E-state index contributed by atoms with van der Waals surface area (Å²) in [6, 6.07) is 8.09. The molecule has 86 valence electrons. The molecule has 0 aromatic heterocycles. The number of hydrogen-bond acceptors (Lipinski definition) is 5.